The Morgan fingerprint density at radius 1 is 1.27 bits per heavy atom. The molecule has 3 nitrogen and oxygen atoms in total. The molecule has 0 saturated carbocycles. The predicted octanol–water partition coefficient (Wildman–Crippen LogP) is 1.45. The van der Waals surface area contributed by atoms with Crippen molar-refractivity contribution in [2.24, 2.45) is 0 Å². The summed E-state index contributed by atoms with van der Waals surface area (Å²) in [5, 5.41) is 10.9. The smallest absolute Gasteiger partial charge is 0.325 e. The van der Waals surface area contributed by atoms with Gasteiger partial charge in [0.2, 0.25) is 0 Å². The Bertz CT molecular complexity index is 395. The predicted molar refractivity (Wildman–Crippen MR) is 45.8 cm³/mol. The molecule has 1 aromatic carbocycles. The number of hydrogen-bond acceptors (Lipinski definition) is 2. The van der Waals surface area contributed by atoms with Crippen molar-refractivity contribution < 1.29 is 23.1 Å². The van der Waals surface area contributed by atoms with Gasteiger partial charge >= 0.3 is 5.97 Å². The Morgan fingerprint density at radius 2 is 1.80 bits per heavy atom. The van der Waals surface area contributed by atoms with Gasteiger partial charge in [0.05, 0.1) is 0 Å². The third kappa shape index (κ3) is 2.27. The molecule has 2 N–H and O–H groups in total. The molecule has 0 fully saturated rings. The molecule has 0 bridgehead atoms. The van der Waals surface area contributed by atoms with E-state index < -0.39 is 35.0 Å². The first-order valence-corrected chi connectivity index (χ1v) is 4.02. The zero-order valence-corrected chi connectivity index (χ0v) is 7.72. The van der Waals surface area contributed by atoms with Crippen molar-refractivity contribution in [2.75, 3.05) is 7.05 Å². The highest BCUT2D eigenvalue weighted by molar-refractivity contribution is 5.75. The van der Waals surface area contributed by atoms with Gasteiger partial charge in [-0.25, -0.2) is 13.2 Å². The lowest BCUT2D eigenvalue weighted by Gasteiger charge is -2.12. The van der Waals surface area contributed by atoms with Gasteiger partial charge in [-0.15, -0.1) is 0 Å². The van der Waals surface area contributed by atoms with E-state index in [0.29, 0.717) is 12.1 Å². The number of halogens is 3. The van der Waals surface area contributed by atoms with Crippen molar-refractivity contribution in [3.63, 3.8) is 0 Å². The molecule has 0 amide bonds. The minimum Gasteiger partial charge on any atom is -0.480 e. The fourth-order valence-corrected chi connectivity index (χ4v) is 1.17. The summed E-state index contributed by atoms with van der Waals surface area (Å²) < 4.78 is 38.4. The van der Waals surface area contributed by atoms with Crippen LogP contribution in [0.4, 0.5) is 13.2 Å². The third-order valence-electron chi connectivity index (χ3n) is 1.89. The van der Waals surface area contributed by atoms with Crippen LogP contribution in [-0.2, 0) is 4.79 Å². The van der Waals surface area contributed by atoms with Gasteiger partial charge in [-0.3, -0.25) is 4.79 Å². The minimum absolute atomic E-state index is 0.317. The van der Waals surface area contributed by atoms with Gasteiger partial charge in [0.1, 0.15) is 11.9 Å². The number of nitrogens with one attached hydrogen (secondary N) is 1. The first-order valence-electron chi connectivity index (χ1n) is 4.02. The van der Waals surface area contributed by atoms with Crippen LogP contribution in [0.5, 0.6) is 0 Å². The summed E-state index contributed by atoms with van der Waals surface area (Å²) in [4.78, 5) is 10.6. The van der Waals surface area contributed by atoms with Crippen LogP contribution in [0.15, 0.2) is 12.1 Å². The second-order valence-corrected chi connectivity index (χ2v) is 2.85. The molecule has 0 aliphatic carbocycles. The van der Waals surface area contributed by atoms with Crippen molar-refractivity contribution in [3.05, 3.63) is 35.1 Å². The summed E-state index contributed by atoms with van der Waals surface area (Å²) in [7, 11) is 1.28. The molecular formula is C9H8F3NO2. The number of aliphatic carboxylic acids is 1. The van der Waals surface area contributed by atoms with Crippen molar-refractivity contribution in [1.82, 2.24) is 5.32 Å². The maximum Gasteiger partial charge on any atom is 0.325 e. The van der Waals surface area contributed by atoms with Gasteiger partial charge in [0, 0.05) is 11.6 Å². The van der Waals surface area contributed by atoms with Crippen LogP contribution in [0.2, 0.25) is 0 Å². The molecule has 1 unspecified atom stereocenters. The van der Waals surface area contributed by atoms with Gasteiger partial charge in [-0.1, -0.05) is 0 Å². The van der Waals surface area contributed by atoms with Gasteiger partial charge < -0.3 is 10.4 Å². The number of carboxylic acids is 1. The Morgan fingerprint density at radius 3 is 2.27 bits per heavy atom. The lowest BCUT2D eigenvalue weighted by atomic mass is 10.1. The van der Waals surface area contributed by atoms with E-state index in [1.54, 1.807) is 0 Å². The molecule has 1 atom stereocenters. The number of carbonyl (C=O) groups is 1. The molecule has 15 heavy (non-hydrogen) atoms. The molecule has 1 rings (SSSR count). The molecule has 0 saturated heterocycles. The van der Waals surface area contributed by atoms with Crippen molar-refractivity contribution in [2.45, 2.75) is 6.04 Å². The third-order valence-corrected chi connectivity index (χ3v) is 1.89. The Hall–Kier alpha value is -1.56. The molecule has 1 aromatic rings. The highest BCUT2D eigenvalue weighted by Gasteiger charge is 2.23. The van der Waals surface area contributed by atoms with Crippen molar-refractivity contribution >= 4 is 5.97 Å². The molecule has 0 radical (unpaired) electrons. The second kappa shape index (κ2) is 4.31. The standard InChI is InChI=1S/C9H8F3NO2/c1-13-8(9(14)15)4-2-6(11)7(12)3-5(4)10/h2-3,8,13H,1H3,(H,14,15). The van der Waals surface area contributed by atoms with Gasteiger partial charge in [-0.05, 0) is 13.1 Å². The summed E-state index contributed by atoms with van der Waals surface area (Å²) in [6.45, 7) is 0. The summed E-state index contributed by atoms with van der Waals surface area (Å²) in [6.07, 6.45) is 0. The van der Waals surface area contributed by atoms with Crippen LogP contribution in [-0.4, -0.2) is 18.1 Å². The fraction of sp³-hybridized carbons (Fsp3) is 0.222. The van der Waals surface area contributed by atoms with E-state index in [0.717, 1.165) is 0 Å². The number of rotatable bonds is 3. The molecule has 0 aromatic heterocycles. The number of carboxylic acid groups (broad SMARTS) is 1. The Kier molecular flexibility index (Phi) is 3.31. The summed E-state index contributed by atoms with van der Waals surface area (Å²) in [5.41, 5.74) is -0.441. The minimum atomic E-state index is -1.40. The maximum absolute atomic E-state index is 13.1. The first kappa shape index (κ1) is 11.5. The van der Waals surface area contributed by atoms with Crippen LogP contribution in [0, 0.1) is 17.5 Å². The normalized spacial score (nSPS) is 12.5. The Labute approximate surface area is 83.5 Å². The van der Waals surface area contributed by atoms with Crippen LogP contribution in [0.25, 0.3) is 0 Å². The Balaban J connectivity index is 3.24. The first-order chi connectivity index (χ1) is 6.97. The highest BCUT2D eigenvalue weighted by Crippen LogP contribution is 2.20. The van der Waals surface area contributed by atoms with E-state index >= 15 is 0 Å². The van der Waals surface area contributed by atoms with Crippen LogP contribution in [0.3, 0.4) is 0 Å². The topological polar surface area (TPSA) is 49.3 Å². The number of benzene rings is 1. The lowest BCUT2D eigenvalue weighted by molar-refractivity contribution is -0.139. The van der Waals surface area contributed by atoms with E-state index in [4.69, 9.17) is 5.11 Å². The lowest BCUT2D eigenvalue weighted by Crippen LogP contribution is -2.26. The average Bonchev–Trinajstić information content (AvgIpc) is 2.14. The maximum atomic E-state index is 13.1. The zero-order valence-electron chi connectivity index (χ0n) is 7.72. The van der Waals surface area contributed by atoms with E-state index in [2.05, 4.69) is 5.32 Å². The van der Waals surface area contributed by atoms with Crippen LogP contribution >= 0.6 is 0 Å². The highest BCUT2D eigenvalue weighted by atomic mass is 19.2. The molecule has 82 valence electrons. The summed E-state index contributed by atoms with van der Waals surface area (Å²) in [6, 6.07) is -0.558. The molecule has 0 aliphatic heterocycles. The molecule has 6 heteroatoms. The number of hydrogen-bond donors (Lipinski definition) is 2. The fourth-order valence-electron chi connectivity index (χ4n) is 1.17. The molecular weight excluding hydrogens is 211 g/mol. The van der Waals surface area contributed by atoms with E-state index in [-0.39, 0.29) is 0 Å². The number of likely N-dealkylation sites (N-methyl/N-ethyl adjacent to an activating group) is 1. The monoisotopic (exact) mass is 219 g/mol. The largest absolute Gasteiger partial charge is 0.480 e. The van der Waals surface area contributed by atoms with Crippen molar-refractivity contribution in [3.8, 4) is 0 Å². The SMILES string of the molecule is CNC(C(=O)O)c1cc(F)c(F)cc1F. The van der Waals surface area contributed by atoms with Gasteiger partial charge in [-0.2, -0.15) is 0 Å². The van der Waals surface area contributed by atoms with Crippen molar-refractivity contribution in [1.29, 1.82) is 0 Å². The average molecular weight is 219 g/mol. The van der Waals surface area contributed by atoms with E-state index in [1.165, 1.54) is 7.05 Å². The van der Waals surface area contributed by atoms with E-state index in [9.17, 15) is 18.0 Å². The molecule has 0 heterocycles. The van der Waals surface area contributed by atoms with Crippen LogP contribution in [0.1, 0.15) is 11.6 Å². The quantitative estimate of drug-likeness (QED) is 0.756. The van der Waals surface area contributed by atoms with Crippen LogP contribution < -0.4 is 5.32 Å². The second-order valence-electron chi connectivity index (χ2n) is 2.85. The molecule has 0 spiro atoms. The zero-order chi connectivity index (χ0) is 11.6. The van der Waals surface area contributed by atoms with E-state index in [1.807, 2.05) is 0 Å². The summed E-state index contributed by atoms with van der Waals surface area (Å²) in [5.74, 6) is -5.11. The van der Waals surface area contributed by atoms with Gasteiger partial charge in [0.25, 0.3) is 0 Å². The molecule has 0 aliphatic rings. The van der Waals surface area contributed by atoms with Gasteiger partial charge in [0.15, 0.2) is 11.6 Å². The summed E-state index contributed by atoms with van der Waals surface area (Å²) >= 11 is 0.